The second-order valence-electron chi connectivity index (χ2n) is 4.12. The van der Waals surface area contributed by atoms with Gasteiger partial charge in [-0.1, -0.05) is 28.6 Å². The summed E-state index contributed by atoms with van der Waals surface area (Å²) in [7, 11) is 0. The van der Waals surface area contributed by atoms with E-state index < -0.39 is 18.0 Å². The van der Waals surface area contributed by atoms with Crippen LogP contribution in [0.1, 0.15) is 6.42 Å². The molecule has 0 aliphatic carbocycles. The quantitative estimate of drug-likeness (QED) is 0.891. The van der Waals surface area contributed by atoms with Gasteiger partial charge < -0.3 is 9.94 Å². The summed E-state index contributed by atoms with van der Waals surface area (Å²) in [6, 6.07) is 7.50. The number of aromatic nitrogens is 1. The van der Waals surface area contributed by atoms with Gasteiger partial charge in [-0.2, -0.15) is 0 Å². The molecule has 0 bridgehead atoms. The molecule has 2 aromatic rings. The third-order valence-corrected chi connectivity index (χ3v) is 3.68. The number of para-hydroxylation sites is 1. The number of carboxylic acids is 1. The van der Waals surface area contributed by atoms with Gasteiger partial charge in [0.05, 0.1) is 10.2 Å². The van der Waals surface area contributed by atoms with E-state index in [2.05, 4.69) is 15.5 Å². The van der Waals surface area contributed by atoms with Crippen molar-refractivity contribution in [3.63, 3.8) is 0 Å². The van der Waals surface area contributed by atoms with Gasteiger partial charge >= 0.3 is 5.97 Å². The fourth-order valence-corrected chi connectivity index (χ4v) is 2.62. The van der Waals surface area contributed by atoms with Crippen LogP contribution in [0.3, 0.4) is 0 Å². The highest BCUT2D eigenvalue weighted by molar-refractivity contribution is 7.22. The van der Waals surface area contributed by atoms with Gasteiger partial charge in [-0.15, -0.1) is 0 Å². The molecule has 0 fully saturated rings. The van der Waals surface area contributed by atoms with Gasteiger partial charge in [-0.3, -0.25) is 10.1 Å². The molecule has 1 aliphatic heterocycles. The van der Waals surface area contributed by atoms with E-state index in [4.69, 9.17) is 9.94 Å². The third-order valence-electron chi connectivity index (χ3n) is 2.73. The first-order chi connectivity index (χ1) is 9.63. The SMILES string of the molecule is O=C(O)C1=NOC(C(=O)Nc2nc3ccccc3s2)C1. The number of rotatable bonds is 3. The summed E-state index contributed by atoms with van der Waals surface area (Å²) in [6.07, 6.45) is -0.973. The van der Waals surface area contributed by atoms with Crippen LogP contribution in [0.2, 0.25) is 0 Å². The fraction of sp³-hybridized carbons (Fsp3) is 0.167. The van der Waals surface area contributed by atoms with E-state index in [-0.39, 0.29) is 12.1 Å². The second-order valence-corrected chi connectivity index (χ2v) is 5.15. The Balaban J connectivity index is 1.69. The van der Waals surface area contributed by atoms with E-state index in [0.29, 0.717) is 5.13 Å². The minimum atomic E-state index is -1.18. The molecule has 1 aliphatic rings. The number of carbonyl (C=O) groups excluding carboxylic acids is 1. The molecule has 0 radical (unpaired) electrons. The topological polar surface area (TPSA) is 101 Å². The number of oxime groups is 1. The molecule has 0 saturated heterocycles. The van der Waals surface area contributed by atoms with Crippen molar-refractivity contribution >= 4 is 44.3 Å². The number of anilines is 1. The Labute approximate surface area is 116 Å². The average Bonchev–Trinajstić information content (AvgIpc) is 3.04. The lowest BCUT2D eigenvalue weighted by atomic mass is 10.2. The van der Waals surface area contributed by atoms with E-state index >= 15 is 0 Å². The summed E-state index contributed by atoms with van der Waals surface area (Å²) in [5, 5.41) is 15.2. The number of nitrogens with zero attached hydrogens (tertiary/aromatic N) is 2. The van der Waals surface area contributed by atoms with E-state index in [1.165, 1.54) is 11.3 Å². The predicted octanol–water partition coefficient (Wildman–Crippen LogP) is 1.46. The Morgan fingerprint density at radius 2 is 2.20 bits per heavy atom. The lowest BCUT2D eigenvalue weighted by Crippen LogP contribution is -2.28. The van der Waals surface area contributed by atoms with Gasteiger partial charge in [0.15, 0.2) is 10.8 Å². The first kappa shape index (κ1) is 12.5. The van der Waals surface area contributed by atoms with Crippen molar-refractivity contribution in [1.29, 1.82) is 0 Å². The van der Waals surface area contributed by atoms with Crippen molar-refractivity contribution in [2.75, 3.05) is 5.32 Å². The number of nitrogens with one attached hydrogen (secondary N) is 1. The largest absolute Gasteiger partial charge is 0.477 e. The van der Waals surface area contributed by atoms with Crippen LogP contribution in [0.25, 0.3) is 10.2 Å². The zero-order valence-corrected chi connectivity index (χ0v) is 10.9. The molecular formula is C12H9N3O4S. The van der Waals surface area contributed by atoms with Gasteiger partial charge in [0.25, 0.3) is 5.91 Å². The standard InChI is InChI=1S/C12H9N3O4S/c16-10(8-5-7(11(17)18)15-19-8)14-12-13-6-3-1-2-4-9(6)20-12/h1-4,8H,5H2,(H,17,18)(H,13,14,16). The van der Waals surface area contributed by atoms with Crippen molar-refractivity contribution in [1.82, 2.24) is 4.98 Å². The van der Waals surface area contributed by atoms with Crippen LogP contribution in [-0.2, 0) is 14.4 Å². The van der Waals surface area contributed by atoms with Crippen LogP contribution in [0.5, 0.6) is 0 Å². The maximum atomic E-state index is 11.9. The van der Waals surface area contributed by atoms with Gasteiger partial charge in [0.2, 0.25) is 6.10 Å². The van der Waals surface area contributed by atoms with Gasteiger partial charge in [-0.05, 0) is 12.1 Å². The summed E-state index contributed by atoms with van der Waals surface area (Å²) in [5.41, 5.74) is 0.636. The van der Waals surface area contributed by atoms with Crippen molar-refractivity contribution in [3.05, 3.63) is 24.3 Å². The van der Waals surface area contributed by atoms with Crippen molar-refractivity contribution < 1.29 is 19.5 Å². The third kappa shape index (κ3) is 2.32. The van der Waals surface area contributed by atoms with Crippen LogP contribution in [0.4, 0.5) is 5.13 Å². The Kier molecular flexibility index (Phi) is 3.07. The lowest BCUT2D eigenvalue weighted by molar-refractivity contribution is -0.129. The predicted molar refractivity (Wildman–Crippen MR) is 72.8 cm³/mol. The van der Waals surface area contributed by atoms with Crippen LogP contribution in [0.15, 0.2) is 29.4 Å². The van der Waals surface area contributed by atoms with Crippen LogP contribution in [-0.4, -0.2) is 33.8 Å². The molecule has 0 saturated carbocycles. The monoisotopic (exact) mass is 291 g/mol. The maximum Gasteiger partial charge on any atom is 0.353 e. The van der Waals surface area contributed by atoms with Gasteiger partial charge in [0, 0.05) is 6.42 Å². The number of aliphatic carboxylic acids is 1. The number of hydrogen-bond donors (Lipinski definition) is 2. The molecular weight excluding hydrogens is 282 g/mol. The molecule has 1 unspecified atom stereocenters. The van der Waals surface area contributed by atoms with Crippen molar-refractivity contribution in [2.24, 2.45) is 5.16 Å². The highest BCUT2D eigenvalue weighted by atomic mass is 32.1. The minimum absolute atomic E-state index is 0.0495. The molecule has 1 aromatic heterocycles. The Bertz CT molecular complexity index is 691. The molecule has 2 N–H and O–H groups in total. The molecule has 1 aromatic carbocycles. The molecule has 1 amide bonds. The summed E-state index contributed by atoms with van der Waals surface area (Å²) in [5.74, 6) is -1.63. The van der Waals surface area contributed by atoms with Crippen molar-refractivity contribution in [3.8, 4) is 0 Å². The molecule has 2 heterocycles. The van der Waals surface area contributed by atoms with E-state index in [1.807, 2.05) is 24.3 Å². The second kappa shape index (κ2) is 4.89. The summed E-state index contributed by atoms with van der Waals surface area (Å²) >= 11 is 1.34. The lowest BCUT2D eigenvalue weighted by Gasteiger charge is -2.06. The number of amides is 1. The molecule has 0 spiro atoms. The number of carboxylic acid groups (broad SMARTS) is 1. The molecule has 20 heavy (non-hydrogen) atoms. The normalized spacial score (nSPS) is 17.6. The molecule has 1 atom stereocenters. The number of thiazole rings is 1. The van der Waals surface area contributed by atoms with Gasteiger partial charge in [-0.25, -0.2) is 9.78 Å². The number of benzene rings is 1. The van der Waals surface area contributed by atoms with E-state index in [1.54, 1.807) is 0 Å². The Hall–Kier alpha value is -2.48. The number of fused-ring (bicyclic) bond motifs is 1. The minimum Gasteiger partial charge on any atom is -0.477 e. The Morgan fingerprint density at radius 1 is 1.40 bits per heavy atom. The van der Waals surface area contributed by atoms with Crippen molar-refractivity contribution in [2.45, 2.75) is 12.5 Å². The first-order valence-corrected chi connectivity index (χ1v) is 6.57. The highest BCUT2D eigenvalue weighted by Crippen LogP contribution is 2.26. The fourth-order valence-electron chi connectivity index (χ4n) is 1.76. The number of carbonyl (C=O) groups is 2. The van der Waals surface area contributed by atoms with Crippen LogP contribution < -0.4 is 5.32 Å². The average molecular weight is 291 g/mol. The smallest absolute Gasteiger partial charge is 0.353 e. The zero-order chi connectivity index (χ0) is 14.1. The summed E-state index contributed by atoms with van der Waals surface area (Å²) < 4.78 is 0.956. The van der Waals surface area contributed by atoms with E-state index in [0.717, 1.165) is 10.2 Å². The molecule has 7 nitrogen and oxygen atoms in total. The zero-order valence-electron chi connectivity index (χ0n) is 10.1. The summed E-state index contributed by atoms with van der Waals surface area (Å²) in [4.78, 5) is 31.7. The van der Waals surface area contributed by atoms with Crippen LogP contribution in [0, 0.1) is 0 Å². The molecule has 8 heteroatoms. The summed E-state index contributed by atoms with van der Waals surface area (Å²) in [6.45, 7) is 0. The molecule has 3 rings (SSSR count). The first-order valence-electron chi connectivity index (χ1n) is 5.76. The maximum absolute atomic E-state index is 11.9. The Morgan fingerprint density at radius 3 is 2.90 bits per heavy atom. The van der Waals surface area contributed by atoms with Gasteiger partial charge in [0.1, 0.15) is 0 Å². The number of hydrogen-bond acceptors (Lipinski definition) is 6. The van der Waals surface area contributed by atoms with E-state index in [9.17, 15) is 9.59 Å². The van der Waals surface area contributed by atoms with Crippen LogP contribution >= 0.6 is 11.3 Å². The highest BCUT2D eigenvalue weighted by Gasteiger charge is 2.31. The molecule has 102 valence electrons.